The van der Waals surface area contributed by atoms with Gasteiger partial charge in [-0.25, -0.2) is 0 Å². The summed E-state index contributed by atoms with van der Waals surface area (Å²) in [5.41, 5.74) is 5.57. The lowest BCUT2D eigenvalue weighted by molar-refractivity contribution is -0.0788. The first kappa shape index (κ1) is 11.0. The second-order valence-electron chi connectivity index (χ2n) is 4.03. The van der Waals surface area contributed by atoms with E-state index in [4.69, 9.17) is 10.5 Å². The maximum Gasteiger partial charge on any atom is 0.0630 e. The normalized spacial score (nSPS) is 31.6. The number of aliphatic hydroxyl groups excluding tert-OH is 1. The molecular formula is C10H21NO2. The topological polar surface area (TPSA) is 55.5 Å². The van der Waals surface area contributed by atoms with Crippen molar-refractivity contribution in [3.63, 3.8) is 0 Å². The molecule has 3 N–H and O–H groups in total. The van der Waals surface area contributed by atoms with Crippen molar-refractivity contribution in [3.8, 4) is 0 Å². The lowest BCUT2D eigenvalue weighted by Crippen LogP contribution is -2.47. The molecule has 2 atom stereocenters. The molecule has 0 saturated carbocycles. The molecule has 0 spiro atoms. The molecule has 0 aromatic heterocycles. The number of nitrogens with two attached hydrogens (primary N) is 1. The van der Waals surface area contributed by atoms with Crippen LogP contribution in [0.1, 0.15) is 32.6 Å². The maximum absolute atomic E-state index is 9.96. The van der Waals surface area contributed by atoms with Crippen LogP contribution >= 0.6 is 0 Å². The molecule has 0 aliphatic carbocycles. The molecule has 1 aliphatic heterocycles. The van der Waals surface area contributed by atoms with Gasteiger partial charge in [0.05, 0.1) is 12.7 Å². The summed E-state index contributed by atoms with van der Waals surface area (Å²) < 4.78 is 5.40. The summed E-state index contributed by atoms with van der Waals surface area (Å²) in [6.45, 7) is 4.07. The van der Waals surface area contributed by atoms with Crippen LogP contribution in [0.5, 0.6) is 0 Å². The number of hydrogen-bond acceptors (Lipinski definition) is 3. The highest BCUT2D eigenvalue weighted by Gasteiger charge is 2.37. The lowest BCUT2D eigenvalue weighted by atomic mass is 9.76. The molecule has 1 aliphatic rings. The van der Waals surface area contributed by atoms with Gasteiger partial charge in [0.1, 0.15) is 0 Å². The molecule has 1 saturated heterocycles. The highest BCUT2D eigenvalue weighted by molar-refractivity contribution is 4.89. The van der Waals surface area contributed by atoms with E-state index in [9.17, 15) is 5.11 Å². The van der Waals surface area contributed by atoms with E-state index in [2.05, 4.69) is 6.92 Å². The lowest BCUT2D eigenvalue weighted by Gasteiger charge is -2.39. The van der Waals surface area contributed by atoms with Crippen LogP contribution in [0.3, 0.4) is 0 Å². The van der Waals surface area contributed by atoms with E-state index in [0.29, 0.717) is 13.2 Å². The number of aliphatic hydroxyl groups is 1. The van der Waals surface area contributed by atoms with Gasteiger partial charge < -0.3 is 15.6 Å². The van der Waals surface area contributed by atoms with Gasteiger partial charge in [0, 0.05) is 18.6 Å². The first-order valence-electron chi connectivity index (χ1n) is 5.21. The predicted octanol–water partition coefficient (Wildman–Crippen LogP) is 0.903. The van der Waals surface area contributed by atoms with Crippen LogP contribution in [0.25, 0.3) is 0 Å². The Morgan fingerprint density at radius 2 is 2.38 bits per heavy atom. The number of ether oxygens (including phenoxy) is 1. The van der Waals surface area contributed by atoms with E-state index in [1.54, 1.807) is 0 Å². The monoisotopic (exact) mass is 187 g/mol. The Hall–Kier alpha value is -0.120. The van der Waals surface area contributed by atoms with Gasteiger partial charge in [0.15, 0.2) is 0 Å². The maximum atomic E-state index is 9.96. The highest BCUT2D eigenvalue weighted by Crippen LogP contribution is 2.33. The molecule has 0 aromatic carbocycles. The van der Waals surface area contributed by atoms with Crippen molar-refractivity contribution < 1.29 is 9.84 Å². The minimum absolute atomic E-state index is 0.158. The largest absolute Gasteiger partial charge is 0.392 e. The number of hydrogen-bond donors (Lipinski definition) is 2. The van der Waals surface area contributed by atoms with Crippen molar-refractivity contribution in [1.29, 1.82) is 0 Å². The summed E-state index contributed by atoms with van der Waals surface area (Å²) >= 11 is 0. The van der Waals surface area contributed by atoms with Crippen molar-refractivity contribution in [2.45, 2.75) is 38.7 Å². The molecule has 0 radical (unpaired) electrons. The van der Waals surface area contributed by atoms with Crippen LogP contribution in [-0.4, -0.2) is 31.0 Å². The van der Waals surface area contributed by atoms with Gasteiger partial charge in [-0.05, 0) is 19.3 Å². The third-order valence-electron chi connectivity index (χ3n) is 3.03. The predicted molar refractivity (Wildman–Crippen MR) is 52.5 cm³/mol. The molecule has 0 bridgehead atoms. The Labute approximate surface area is 80.3 Å². The summed E-state index contributed by atoms with van der Waals surface area (Å²) in [5.74, 6) is 0. The van der Waals surface area contributed by atoms with E-state index in [1.165, 1.54) is 0 Å². The van der Waals surface area contributed by atoms with Gasteiger partial charge in [-0.15, -0.1) is 0 Å². The molecule has 3 heteroatoms. The fraction of sp³-hybridized carbons (Fsp3) is 1.00. The number of rotatable bonds is 4. The van der Waals surface area contributed by atoms with Crippen LogP contribution in [-0.2, 0) is 4.74 Å². The molecule has 78 valence electrons. The van der Waals surface area contributed by atoms with E-state index in [1.807, 2.05) is 0 Å². The fourth-order valence-electron chi connectivity index (χ4n) is 2.01. The zero-order valence-electron chi connectivity index (χ0n) is 8.46. The van der Waals surface area contributed by atoms with Crippen molar-refractivity contribution in [1.82, 2.24) is 0 Å². The second kappa shape index (κ2) is 4.94. The molecular weight excluding hydrogens is 166 g/mol. The van der Waals surface area contributed by atoms with Crippen LogP contribution < -0.4 is 5.73 Å². The van der Waals surface area contributed by atoms with E-state index in [-0.39, 0.29) is 11.5 Å². The molecule has 0 amide bonds. The van der Waals surface area contributed by atoms with Crippen LogP contribution in [0.4, 0.5) is 0 Å². The Kier molecular flexibility index (Phi) is 4.16. The molecule has 0 aromatic rings. The smallest absolute Gasteiger partial charge is 0.0630 e. The third kappa shape index (κ3) is 2.42. The zero-order valence-corrected chi connectivity index (χ0v) is 8.46. The van der Waals surface area contributed by atoms with Gasteiger partial charge in [-0.2, -0.15) is 0 Å². The van der Waals surface area contributed by atoms with Gasteiger partial charge >= 0.3 is 0 Å². The van der Waals surface area contributed by atoms with E-state index in [0.717, 1.165) is 32.3 Å². The van der Waals surface area contributed by atoms with Crippen LogP contribution in [0.15, 0.2) is 0 Å². The first-order valence-corrected chi connectivity index (χ1v) is 5.21. The van der Waals surface area contributed by atoms with Gasteiger partial charge in [0.25, 0.3) is 0 Å². The quantitative estimate of drug-likeness (QED) is 0.687. The fourth-order valence-corrected chi connectivity index (χ4v) is 2.01. The summed E-state index contributed by atoms with van der Waals surface area (Å²) in [5, 5.41) is 9.96. The van der Waals surface area contributed by atoms with Crippen LogP contribution in [0.2, 0.25) is 0 Å². The van der Waals surface area contributed by atoms with E-state index < -0.39 is 0 Å². The third-order valence-corrected chi connectivity index (χ3v) is 3.03. The zero-order chi connectivity index (χ0) is 9.73. The Balaban J connectivity index is 2.55. The molecule has 3 nitrogen and oxygen atoms in total. The highest BCUT2D eigenvalue weighted by atomic mass is 16.5. The average molecular weight is 187 g/mol. The van der Waals surface area contributed by atoms with Crippen molar-refractivity contribution in [2.24, 2.45) is 11.1 Å². The SMILES string of the molecule is CCCC(O)C1(CN)CCCOC1. The summed E-state index contributed by atoms with van der Waals surface area (Å²) in [6, 6.07) is 0. The molecule has 1 rings (SSSR count). The Bertz CT molecular complexity index is 144. The molecule has 2 unspecified atom stereocenters. The van der Waals surface area contributed by atoms with Crippen molar-refractivity contribution in [2.75, 3.05) is 19.8 Å². The minimum Gasteiger partial charge on any atom is -0.392 e. The molecule has 1 fully saturated rings. The summed E-state index contributed by atoms with van der Waals surface area (Å²) in [6.07, 6.45) is 3.58. The van der Waals surface area contributed by atoms with Crippen LogP contribution in [0, 0.1) is 5.41 Å². The molecule has 1 heterocycles. The van der Waals surface area contributed by atoms with Crippen molar-refractivity contribution >= 4 is 0 Å². The Morgan fingerprint density at radius 3 is 2.85 bits per heavy atom. The Morgan fingerprint density at radius 1 is 1.62 bits per heavy atom. The van der Waals surface area contributed by atoms with Gasteiger partial charge in [-0.3, -0.25) is 0 Å². The standard InChI is InChI=1S/C10H21NO2/c1-2-4-9(12)10(7-11)5-3-6-13-8-10/h9,12H,2-8,11H2,1H3. The van der Waals surface area contributed by atoms with E-state index >= 15 is 0 Å². The van der Waals surface area contributed by atoms with Gasteiger partial charge in [0.2, 0.25) is 0 Å². The average Bonchev–Trinajstić information content (AvgIpc) is 2.19. The van der Waals surface area contributed by atoms with Gasteiger partial charge in [-0.1, -0.05) is 13.3 Å². The summed E-state index contributed by atoms with van der Waals surface area (Å²) in [7, 11) is 0. The summed E-state index contributed by atoms with van der Waals surface area (Å²) in [4.78, 5) is 0. The second-order valence-corrected chi connectivity index (χ2v) is 4.03. The minimum atomic E-state index is -0.289. The first-order chi connectivity index (χ1) is 6.25. The molecule has 13 heavy (non-hydrogen) atoms. The van der Waals surface area contributed by atoms with Crippen molar-refractivity contribution in [3.05, 3.63) is 0 Å².